The lowest BCUT2D eigenvalue weighted by molar-refractivity contribution is 0.720. The minimum atomic E-state index is 0.319. The molecule has 1 aromatic heterocycles. The van der Waals surface area contributed by atoms with Gasteiger partial charge in [0.15, 0.2) is 5.69 Å². The van der Waals surface area contributed by atoms with Crippen LogP contribution >= 0.6 is 0 Å². The first-order valence-electron chi connectivity index (χ1n) is 4.93. The second-order valence-corrected chi connectivity index (χ2v) is 3.52. The van der Waals surface area contributed by atoms with Crippen molar-refractivity contribution < 1.29 is 0 Å². The van der Waals surface area contributed by atoms with Crippen LogP contribution in [0.2, 0.25) is 0 Å². The van der Waals surface area contributed by atoms with Crippen LogP contribution in [-0.2, 0) is 0 Å². The van der Waals surface area contributed by atoms with Crippen molar-refractivity contribution in [3.05, 3.63) is 36.7 Å². The standard InChI is InChI=1S/C12H15N3/c1-4-8-15(10(2)3)12-6-5-7-14-11(12)9-13/h4-7,10H,1,8H2,2-3H3. The van der Waals surface area contributed by atoms with Crippen molar-refractivity contribution in [1.82, 2.24) is 4.98 Å². The number of nitrogens with zero attached hydrogens (tertiary/aromatic N) is 3. The highest BCUT2D eigenvalue weighted by atomic mass is 15.2. The maximum Gasteiger partial charge on any atom is 0.163 e. The Morgan fingerprint density at radius 2 is 2.40 bits per heavy atom. The minimum absolute atomic E-state index is 0.319. The van der Waals surface area contributed by atoms with Crippen molar-refractivity contribution in [2.75, 3.05) is 11.4 Å². The van der Waals surface area contributed by atoms with Gasteiger partial charge in [-0.3, -0.25) is 0 Å². The van der Waals surface area contributed by atoms with Gasteiger partial charge in [0, 0.05) is 18.8 Å². The van der Waals surface area contributed by atoms with Gasteiger partial charge in [-0.25, -0.2) is 4.98 Å². The Morgan fingerprint density at radius 1 is 1.67 bits per heavy atom. The summed E-state index contributed by atoms with van der Waals surface area (Å²) in [6.45, 7) is 8.60. The molecule has 0 atom stereocenters. The van der Waals surface area contributed by atoms with E-state index in [4.69, 9.17) is 5.26 Å². The van der Waals surface area contributed by atoms with Gasteiger partial charge in [-0.15, -0.1) is 6.58 Å². The van der Waals surface area contributed by atoms with Gasteiger partial charge in [0.05, 0.1) is 5.69 Å². The van der Waals surface area contributed by atoms with Crippen molar-refractivity contribution in [3.8, 4) is 6.07 Å². The van der Waals surface area contributed by atoms with Crippen LogP contribution in [0.15, 0.2) is 31.0 Å². The minimum Gasteiger partial charge on any atom is -0.363 e. The highest BCUT2D eigenvalue weighted by Gasteiger charge is 2.13. The molecule has 0 radical (unpaired) electrons. The van der Waals surface area contributed by atoms with Gasteiger partial charge in [-0.1, -0.05) is 6.08 Å². The number of hydrogen-bond donors (Lipinski definition) is 0. The highest BCUT2D eigenvalue weighted by Crippen LogP contribution is 2.19. The van der Waals surface area contributed by atoms with Crippen LogP contribution in [0.3, 0.4) is 0 Å². The summed E-state index contributed by atoms with van der Waals surface area (Å²) in [6.07, 6.45) is 3.46. The van der Waals surface area contributed by atoms with Gasteiger partial charge in [-0.05, 0) is 26.0 Å². The fourth-order valence-electron chi connectivity index (χ4n) is 1.44. The second kappa shape index (κ2) is 5.16. The first-order valence-corrected chi connectivity index (χ1v) is 4.93. The summed E-state index contributed by atoms with van der Waals surface area (Å²) in [5.74, 6) is 0. The van der Waals surface area contributed by atoms with Crippen LogP contribution < -0.4 is 4.90 Å². The lowest BCUT2D eigenvalue weighted by atomic mass is 10.2. The largest absolute Gasteiger partial charge is 0.363 e. The van der Waals surface area contributed by atoms with Crippen LogP contribution in [0, 0.1) is 11.3 Å². The molecule has 0 spiro atoms. The van der Waals surface area contributed by atoms with Crippen LogP contribution in [-0.4, -0.2) is 17.6 Å². The number of hydrogen-bond acceptors (Lipinski definition) is 3. The van der Waals surface area contributed by atoms with Gasteiger partial charge in [0.25, 0.3) is 0 Å². The Bertz CT molecular complexity index is 377. The van der Waals surface area contributed by atoms with Crippen LogP contribution in [0.25, 0.3) is 0 Å². The molecule has 1 rings (SSSR count). The number of aromatic nitrogens is 1. The van der Waals surface area contributed by atoms with Gasteiger partial charge in [-0.2, -0.15) is 5.26 Å². The van der Waals surface area contributed by atoms with E-state index in [2.05, 4.69) is 36.4 Å². The maximum absolute atomic E-state index is 8.95. The predicted molar refractivity (Wildman–Crippen MR) is 61.6 cm³/mol. The Labute approximate surface area is 90.7 Å². The molecule has 3 nitrogen and oxygen atoms in total. The summed E-state index contributed by atoms with van der Waals surface area (Å²) in [5.41, 5.74) is 1.34. The average Bonchev–Trinajstić information content (AvgIpc) is 2.25. The molecule has 3 heteroatoms. The molecular weight excluding hydrogens is 186 g/mol. The topological polar surface area (TPSA) is 39.9 Å². The summed E-state index contributed by atoms with van der Waals surface area (Å²) in [7, 11) is 0. The quantitative estimate of drug-likeness (QED) is 0.702. The second-order valence-electron chi connectivity index (χ2n) is 3.52. The Balaban J connectivity index is 3.11. The summed E-state index contributed by atoms with van der Waals surface area (Å²) in [4.78, 5) is 6.14. The van der Waals surface area contributed by atoms with Crippen molar-refractivity contribution in [2.45, 2.75) is 19.9 Å². The molecule has 0 aliphatic heterocycles. The number of anilines is 1. The molecule has 78 valence electrons. The van der Waals surface area contributed by atoms with Crippen LogP contribution in [0.5, 0.6) is 0 Å². The Morgan fingerprint density at radius 3 is 2.93 bits per heavy atom. The SMILES string of the molecule is C=CCN(c1cccnc1C#N)C(C)C. The van der Waals surface area contributed by atoms with E-state index in [0.29, 0.717) is 11.7 Å². The van der Waals surface area contributed by atoms with Crippen molar-refractivity contribution in [2.24, 2.45) is 0 Å². The van der Waals surface area contributed by atoms with E-state index in [9.17, 15) is 0 Å². The first kappa shape index (κ1) is 11.3. The molecule has 0 saturated carbocycles. The maximum atomic E-state index is 8.95. The van der Waals surface area contributed by atoms with Crippen molar-refractivity contribution in [3.63, 3.8) is 0 Å². The molecule has 0 N–H and O–H groups in total. The van der Waals surface area contributed by atoms with Crippen LogP contribution in [0.1, 0.15) is 19.5 Å². The van der Waals surface area contributed by atoms with E-state index in [-0.39, 0.29) is 0 Å². The van der Waals surface area contributed by atoms with Gasteiger partial charge in [0.2, 0.25) is 0 Å². The molecule has 15 heavy (non-hydrogen) atoms. The highest BCUT2D eigenvalue weighted by molar-refractivity contribution is 5.56. The Hall–Kier alpha value is -1.82. The molecule has 0 bridgehead atoms. The molecule has 1 heterocycles. The lowest BCUT2D eigenvalue weighted by Crippen LogP contribution is -2.31. The van der Waals surface area contributed by atoms with E-state index in [1.165, 1.54) is 0 Å². The number of pyridine rings is 1. The van der Waals surface area contributed by atoms with Crippen molar-refractivity contribution >= 4 is 5.69 Å². The zero-order valence-corrected chi connectivity index (χ0v) is 9.14. The normalized spacial score (nSPS) is 9.73. The number of rotatable bonds is 4. The lowest BCUT2D eigenvalue weighted by Gasteiger charge is -2.27. The third kappa shape index (κ3) is 2.57. The molecule has 0 fully saturated rings. The molecule has 0 amide bonds. The predicted octanol–water partition coefficient (Wildman–Crippen LogP) is 2.35. The van der Waals surface area contributed by atoms with E-state index < -0.39 is 0 Å². The third-order valence-electron chi connectivity index (χ3n) is 2.15. The van der Waals surface area contributed by atoms with Gasteiger partial charge >= 0.3 is 0 Å². The van der Waals surface area contributed by atoms with E-state index >= 15 is 0 Å². The van der Waals surface area contributed by atoms with Gasteiger partial charge in [0.1, 0.15) is 6.07 Å². The van der Waals surface area contributed by atoms with E-state index in [1.807, 2.05) is 18.2 Å². The van der Waals surface area contributed by atoms with Gasteiger partial charge < -0.3 is 4.90 Å². The summed E-state index contributed by atoms with van der Waals surface area (Å²) in [6, 6.07) is 6.17. The fourth-order valence-corrected chi connectivity index (χ4v) is 1.44. The fraction of sp³-hybridized carbons (Fsp3) is 0.333. The third-order valence-corrected chi connectivity index (χ3v) is 2.15. The summed E-state index contributed by atoms with van der Waals surface area (Å²) < 4.78 is 0. The first-order chi connectivity index (χ1) is 7.20. The Kier molecular flexibility index (Phi) is 3.87. The summed E-state index contributed by atoms with van der Waals surface area (Å²) in [5, 5.41) is 8.95. The molecule has 0 unspecified atom stereocenters. The molecule has 0 aliphatic carbocycles. The smallest absolute Gasteiger partial charge is 0.163 e. The zero-order chi connectivity index (χ0) is 11.3. The molecular formula is C12H15N3. The van der Waals surface area contributed by atoms with E-state index in [0.717, 1.165) is 12.2 Å². The average molecular weight is 201 g/mol. The van der Waals surface area contributed by atoms with Crippen molar-refractivity contribution in [1.29, 1.82) is 5.26 Å². The van der Waals surface area contributed by atoms with Crippen LogP contribution in [0.4, 0.5) is 5.69 Å². The molecule has 0 aromatic carbocycles. The molecule has 1 aromatic rings. The molecule has 0 aliphatic rings. The molecule has 0 saturated heterocycles. The zero-order valence-electron chi connectivity index (χ0n) is 9.14. The monoisotopic (exact) mass is 201 g/mol. The summed E-state index contributed by atoms with van der Waals surface area (Å²) >= 11 is 0. The van der Waals surface area contributed by atoms with E-state index in [1.54, 1.807) is 6.20 Å². The number of nitriles is 1.